The maximum atomic E-state index is 12.6. The van der Waals surface area contributed by atoms with E-state index in [1.807, 2.05) is 0 Å². The molecule has 1 saturated heterocycles. The number of furan rings is 1. The van der Waals surface area contributed by atoms with E-state index in [1.165, 1.54) is 6.26 Å². The minimum absolute atomic E-state index is 0.249. The van der Waals surface area contributed by atoms with Crippen LogP contribution in [0.25, 0.3) is 0 Å². The summed E-state index contributed by atoms with van der Waals surface area (Å²) in [5.74, 6) is -0.0516. The summed E-state index contributed by atoms with van der Waals surface area (Å²) in [5.41, 5.74) is 0.826. The van der Waals surface area contributed by atoms with Crippen LogP contribution < -0.4 is 5.32 Å². The Bertz CT molecular complexity index is 777. The topological polar surface area (TPSA) is 79.6 Å². The Balaban J connectivity index is 1.63. The number of amides is 1. The number of hydrogen-bond donors (Lipinski definition) is 1. The number of nitrogens with zero attached hydrogens (tertiary/aromatic N) is 1. The molecular weight excluding hydrogens is 328 g/mol. The number of benzene rings is 1. The summed E-state index contributed by atoms with van der Waals surface area (Å²) in [5, 5.41) is 2.73. The summed E-state index contributed by atoms with van der Waals surface area (Å²) >= 11 is 0. The Labute approximate surface area is 141 Å². The maximum absolute atomic E-state index is 12.6. The van der Waals surface area contributed by atoms with E-state index in [2.05, 4.69) is 5.32 Å². The van der Waals surface area contributed by atoms with Crippen LogP contribution in [0.1, 0.15) is 35.4 Å². The lowest BCUT2D eigenvalue weighted by Gasteiger charge is -2.25. The van der Waals surface area contributed by atoms with Gasteiger partial charge in [-0.1, -0.05) is 18.6 Å². The van der Waals surface area contributed by atoms with Gasteiger partial charge in [0.25, 0.3) is 5.91 Å². The molecule has 1 N–H and O–H groups in total. The number of piperidine rings is 1. The Morgan fingerprint density at radius 1 is 1.08 bits per heavy atom. The van der Waals surface area contributed by atoms with Crippen LogP contribution in [0.2, 0.25) is 0 Å². The third-order valence-corrected chi connectivity index (χ3v) is 5.99. The van der Waals surface area contributed by atoms with E-state index in [4.69, 9.17) is 4.42 Å². The lowest BCUT2D eigenvalue weighted by Crippen LogP contribution is -2.35. The fraction of sp³-hybridized carbons (Fsp3) is 0.353. The van der Waals surface area contributed by atoms with Crippen molar-refractivity contribution in [3.8, 4) is 0 Å². The summed E-state index contributed by atoms with van der Waals surface area (Å²) in [7, 11) is -3.41. The second kappa shape index (κ2) is 7.19. The van der Waals surface area contributed by atoms with E-state index < -0.39 is 10.0 Å². The molecule has 3 rings (SSSR count). The zero-order valence-corrected chi connectivity index (χ0v) is 14.1. The first kappa shape index (κ1) is 16.7. The molecule has 7 heteroatoms. The molecule has 1 aliphatic heterocycles. The van der Waals surface area contributed by atoms with Crippen LogP contribution in [0.15, 0.2) is 52.0 Å². The first-order chi connectivity index (χ1) is 11.6. The molecule has 0 unspecified atom stereocenters. The van der Waals surface area contributed by atoms with E-state index in [1.54, 1.807) is 40.7 Å². The lowest BCUT2D eigenvalue weighted by molar-refractivity contribution is 0.0923. The van der Waals surface area contributed by atoms with Crippen LogP contribution in [-0.4, -0.2) is 31.7 Å². The number of carbonyl (C=O) groups excluding carboxylic acids is 1. The standard InChI is InChI=1S/C17H20N2O4S/c20-17(16-5-4-12-23-16)18-13-14-6-8-15(9-7-14)24(21,22)19-10-2-1-3-11-19/h4-9,12H,1-3,10-11,13H2,(H,18,20). The molecule has 2 heterocycles. The normalized spacial score (nSPS) is 16.0. The summed E-state index contributed by atoms with van der Waals surface area (Å²) in [6.07, 6.45) is 4.35. The smallest absolute Gasteiger partial charge is 0.287 e. The summed E-state index contributed by atoms with van der Waals surface area (Å²) in [6.45, 7) is 1.48. The molecule has 0 aliphatic carbocycles. The van der Waals surface area contributed by atoms with Gasteiger partial charge in [-0.15, -0.1) is 0 Å². The number of rotatable bonds is 5. The van der Waals surface area contributed by atoms with Crippen LogP contribution in [-0.2, 0) is 16.6 Å². The van der Waals surface area contributed by atoms with E-state index in [9.17, 15) is 13.2 Å². The zero-order chi connectivity index (χ0) is 17.0. The van der Waals surface area contributed by atoms with Crippen LogP contribution in [0.5, 0.6) is 0 Å². The molecule has 2 aromatic rings. The number of sulfonamides is 1. The van der Waals surface area contributed by atoms with Crippen molar-refractivity contribution in [1.82, 2.24) is 9.62 Å². The Kier molecular flexibility index (Phi) is 5.01. The summed E-state index contributed by atoms with van der Waals surface area (Å²) < 4.78 is 31.7. The largest absolute Gasteiger partial charge is 0.459 e. The van der Waals surface area contributed by atoms with Crippen molar-refractivity contribution in [2.24, 2.45) is 0 Å². The first-order valence-corrected chi connectivity index (χ1v) is 9.42. The highest BCUT2D eigenvalue weighted by molar-refractivity contribution is 7.89. The van der Waals surface area contributed by atoms with Crippen LogP contribution in [0.4, 0.5) is 0 Å². The first-order valence-electron chi connectivity index (χ1n) is 7.98. The third-order valence-electron chi connectivity index (χ3n) is 4.07. The van der Waals surface area contributed by atoms with Gasteiger partial charge in [0.15, 0.2) is 5.76 Å². The van der Waals surface area contributed by atoms with Crippen molar-refractivity contribution in [3.63, 3.8) is 0 Å². The minimum Gasteiger partial charge on any atom is -0.459 e. The van der Waals surface area contributed by atoms with Crippen molar-refractivity contribution in [3.05, 3.63) is 54.0 Å². The average molecular weight is 348 g/mol. The molecule has 0 saturated carbocycles. The second-order valence-electron chi connectivity index (χ2n) is 5.77. The highest BCUT2D eigenvalue weighted by atomic mass is 32.2. The van der Waals surface area contributed by atoms with Crippen LogP contribution >= 0.6 is 0 Å². The SMILES string of the molecule is O=C(NCc1ccc(S(=O)(=O)N2CCCCC2)cc1)c1ccco1. The summed E-state index contributed by atoms with van der Waals surface area (Å²) in [4.78, 5) is 12.1. The Hall–Kier alpha value is -2.12. The van der Waals surface area contributed by atoms with Gasteiger partial charge in [0.1, 0.15) is 0 Å². The van der Waals surface area contributed by atoms with E-state index in [0.29, 0.717) is 24.5 Å². The van der Waals surface area contributed by atoms with E-state index in [0.717, 1.165) is 24.8 Å². The molecule has 6 nitrogen and oxygen atoms in total. The van der Waals surface area contributed by atoms with Crippen molar-refractivity contribution < 1.29 is 17.6 Å². The zero-order valence-electron chi connectivity index (χ0n) is 13.3. The lowest BCUT2D eigenvalue weighted by atomic mass is 10.2. The van der Waals surface area contributed by atoms with Gasteiger partial charge in [-0.2, -0.15) is 4.31 Å². The molecule has 24 heavy (non-hydrogen) atoms. The molecule has 128 valence electrons. The fourth-order valence-corrected chi connectivity index (χ4v) is 4.23. The molecule has 1 aromatic carbocycles. The van der Waals surface area contributed by atoms with Crippen molar-refractivity contribution in [2.75, 3.05) is 13.1 Å². The van der Waals surface area contributed by atoms with Gasteiger partial charge in [-0.25, -0.2) is 8.42 Å². The number of hydrogen-bond acceptors (Lipinski definition) is 4. The van der Waals surface area contributed by atoms with Crippen LogP contribution in [0, 0.1) is 0 Å². The van der Waals surface area contributed by atoms with Gasteiger partial charge in [0.2, 0.25) is 10.0 Å². The minimum atomic E-state index is -3.41. The molecule has 1 fully saturated rings. The molecule has 0 radical (unpaired) electrons. The quantitative estimate of drug-likeness (QED) is 0.900. The highest BCUT2D eigenvalue weighted by Crippen LogP contribution is 2.20. The van der Waals surface area contributed by atoms with E-state index in [-0.39, 0.29) is 11.7 Å². The van der Waals surface area contributed by atoms with Gasteiger partial charge < -0.3 is 9.73 Å². The average Bonchev–Trinajstić information content (AvgIpc) is 3.15. The highest BCUT2D eigenvalue weighted by Gasteiger charge is 2.25. The maximum Gasteiger partial charge on any atom is 0.287 e. The third kappa shape index (κ3) is 3.68. The van der Waals surface area contributed by atoms with Gasteiger partial charge in [-0.3, -0.25) is 4.79 Å². The molecule has 0 atom stereocenters. The van der Waals surface area contributed by atoms with Gasteiger partial charge >= 0.3 is 0 Å². The second-order valence-corrected chi connectivity index (χ2v) is 7.71. The van der Waals surface area contributed by atoms with E-state index >= 15 is 0 Å². The predicted molar refractivity (Wildman–Crippen MR) is 88.9 cm³/mol. The Morgan fingerprint density at radius 2 is 1.79 bits per heavy atom. The molecule has 1 amide bonds. The van der Waals surface area contributed by atoms with Gasteiger partial charge in [-0.05, 0) is 42.7 Å². The molecule has 0 spiro atoms. The molecule has 0 bridgehead atoms. The Morgan fingerprint density at radius 3 is 2.42 bits per heavy atom. The molecule has 1 aromatic heterocycles. The molecule has 1 aliphatic rings. The van der Waals surface area contributed by atoms with Crippen molar-refractivity contribution in [2.45, 2.75) is 30.7 Å². The summed E-state index contributed by atoms with van der Waals surface area (Å²) in [6, 6.07) is 9.87. The monoisotopic (exact) mass is 348 g/mol. The fourth-order valence-electron chi connectivity index (χ4n) is 2.71. The number of nitrogens with one attached hydrogen (secondary N) is 1. The predicted octanol–water partition coefficient (Wildman–Crippen LogP) is 2.38. The molecular formula is C17H20N2O4S. The van der Waals surface area contributed by atoms with Crippen molar-refractivity contribution in [1.29, 1.82) is 0 Å². The van der Waals surface area contributed by atoms with Gasteiger partial charge in [0.05, 0.1) is 11.2 Å². The van der Waals surface area contributed by atoms with Crippen molar-refractivity contribution >= 4 is 15.9 Å². The van der Waals surface area contributed by atoms with Crippen LogP contribution in [0.3, 0.4) is 0 Å². The number of carbonyl (C=O) groups is 1. The van der Waals surface area contributed by atoms with Gasteiger partial charge in [0, 0.05) is 19.6 Å².